The number of aromatic nitrogens is 1. The van der Waals surface area contributed by atoms with Gasteiger partial charge in [0, 0.05) is 0 Å². The lowest BCUT2D eigenvalue weighted by Crippen LogP contribution is -2.26. The van der Waals surface area contributed by atoms with Crippen LogP contribution in [0.5, 0.6) is 5.75 Å². The van der Waals surface area contributed by atoms with Gasteiger partial charge in [0.1, 0.15) is 16.9 Å². The monoisotopic (exact) mass is 265 g/mol. The van der Waals surface area contributed by atoms with Crippen molar-refractivity contribution in [1.82, 2.24) is 4.74 Å². The van der Waals surface area contributed by atoms with Crippen molar-refractivity contribution in [3.63, 3.8) is 0 Å². The maximum atomic E-state index is 11.9. The highest BCUT2D eigenvalue weighted by molar-refractivity contribution is 5.87. The van der Waals surface area contributed by atoms with E-state index in [1.807, 2.05) is 0 Å². The Bertz CT molecular complexity index is 674. The molecule has 0 aliphatic heterocycles. The summed E-state index contributed by atoms with van der Waals surface area (Å²) in [5.41, 5.74) is -0.932. The standard InChI is InChI=1S/C13H15NO5/c1-13(2,3)18-12(16)14-10-6-5-8(17-4)7-9(10)11(15)19-14/h5-7H,1-4H3. The first-order valence-electron chi connectivity index (χ1n) is 5.75. The van der Waals surface area contributed by atoms with Crippen LogP contribution in [0.3, 0.4) is 0 Å². The van der Waals surface area contributed by atoms with E-state index in [0.29, 0.717) is 11.3 Å². The van der Waals surface area contributed by atoms with Crippen LogP contribution >= 0.6 is 0 Å². The lowest BCUT2D eigenvalue weighted by Gasteiger charge is -2.18. The topological polar surface area (TPSA) is 70.7 Å². The zero-order valence-electron chi connectivity index (χ0n) is 11.2. The molecule has 19 heavy (non-hydrogen) atoms. The second-order valence-corrected chi connectivity index (χ2v) is 5.04. The summed E-state index contributed by atoms with van der Waals surface area (Å²) in [5.74, 6) is 0.515. The molecule has 0 atom stereocenters. The fourth-order valence-electron chi connectivity index (χ4n) is 1.60. The maximum absolute atomic E-state index is 11.9. The Labute approximate surface area is 109 Å². The van der Waals surface area contributed by atoms with Crippen molar-refractivity contribution in [3.8, 4) is 5.75 Å². The first-order valence-corrected chi connectivity index (χ1v) is 5.75. The summed E-state index contributed by atoms with van der Waals surface area (Å²) in [6, 6.07) is 4.73. The molecule has 0 saturated heterocycles. The largest absolute Gasteiger partial charge is 0.497 e. The molecule has 0 amide bonds. The number of fused-ring (bicyclic) bond motifs is 1. The zero-order valence-corrected chi connectivity index (χ0v) is 11.2. The van der Waals surface area contributed by atoms with Crippen LogP contribution in [0, 0.1) is 0 Å². The van der Waals surface area contributed by atoms with E-state index >= 15 is 0 Å². The molecule has 0 aliphatic rings. The Morgan fingerprint density at radius 3 is 2.58 bits per heavy atom. The van der Waals surface area contributed by atoms with Crippen LogP contribution in [0.1, 0.15) is 20.8 Å². The van der Waals surface area contributed by atoms with Crippen molar-refractivity contribution < 1.29 is 18.8 Å². The summed E-state index contributed by atoms with van der Waals surface area (Å²) in [4.78, 5) is 23.6. The Kier molecular flexibility index (Phi) is 3.09. The normalized spacial score (nSPS) is 11.6. The molecule has 1 heterocycles. The molecule has 6 nitrogen and oxygen atoms in total. The lowest BCUT2D eigenvalue weighted by atomic mass is 10.2. The molecule has 0 aliphatic carbocycles. The number of hydrogen-bond donors (Lipinski definition) is 0. The van der Waals surface area contributed by atoms with Gasteiger partial charge < -0.3 is 14.0 Å². The summed E-state index contributed by atoms with van der Waals surface area (Å²) in [5, 5.41) is 0.269. The van der Waals surface area contributed by atoms with Gasteiger partial charge in [0.15, 0.2) is 0 Å². The van der Waals surface area contributed by atoms with E-state index in [2.05, 4.69) is 0 Å². The van der Waals surface area contributed by atoms with Crippen molar-refractivity contribution in [1.29, 1.82) is 0 Å². The molecule has 2 rings (SSSR count). The van der Waals surface area contributed by atoms with Gasteiger partial charge in [-0.05, 0) is 39.0 Å². The van der Waals surface area contributed by atoms with E-state index in [9.17, 15) is 9.59 Å². The number of ether oxygens (including phenoxy) is 2. The van der Waals surface area contributed by atoms with Gasteiger partial charge in [-0.3, -0.25) is 0 Å². The van der Waals surface area contributed by atoms with Crippen molar-refractivity contribution in [2.45, 2.75) is 26.4 Å². The fourth-order valence-corrected chi connectivity index (χ4v) is 1.60. The number of benzene rings is 1. The van der Waals surface area contributed by atoms with Crippen LogP contribution in [0.15, 0.2) is 27.5 Å². The minimum atomic E-state index is -0.732. The molecule has 0 N–H and O–H groups in total. The lowest BCUT2D eigenvalue weighted by molar-refractivity contribution is 0.0391. The molecule has 6 heteroatoms. The number of hydrogen-bond acceptors (Lipinski definition) is 5. The van der Waals surface area contributed by atoms with Gasteiger partial charge in [-0.2, -0.15) is 0 Å². The molecule has 1 aromatic carbocycles. The van der Waals surface area contributed by atoms with Crippen LogP contribution in [-0.2, 0) is 4.74 Å². The van der Waals surface area contributed by atoms with Crippen LogP contribution in [-0.4, -0.2) is 23.5 Å². The van der Waals surface area contributed by atoms with Gasteiger partial charge in [-0.1, -0.05) is 0 Å². The third-order valence-corrected chi connectivity index (χ3v) is 2.38. The molecule has 0 saturated carbocycles. The average molecular weight is 265 g/mol. The second kappa shape index (κ2) is 4.46. The van der Waals surface area contributed by atoms with E-state index in [1.54, 1.807) is 32.9 Å². The highest BCUT2D eigenvalue weighted by Crippen LogP contribution is 2.20. The maximum Gasteiger partial charge on any atom is 0.448 e. The summed E-state index contributed by atoms with van der Waals surface area (Å²) in [7, 11) is 1.49. The predicted octanol–water partition coefficient (Wildman–Crippen LogP) is 2.39. The molecule has 0 bridgehead atoms. The average Bonchev–Trinajstić information content (AvgIpc) is 2.64. The Hall–Kier alpha value is -2.24. The number of rotatable bonds is 1. The Morgan fingerprint density at radius 2 is 2.00 bits per heavy atom. The first kappa shape index (κ1) is 13.2. The molecule has 0 unspecified atom stereocenters. The van der Waals surface area contributed by atoms with E-state index in [0.717, 1.165) is 4.74 Å². The molecule has 1 aromatic heterocycles. The fraction of sp³-hybridized carbons (Fsp3) is 0.385. The molecular weight excluding hydrogens is 250 g/mol. The molecule has 0 fully saturated rings. The van der Waals surface area contributed by atoms with E-state index in [1.165, 1.54) is 13.2 Å². The minimum Gasteiger partial charge on any atom is -0.497 e. The highest BCUT2D eigenvalue weighted by Gasteiger charge is 2.22. The summed E-state index contributed by atoms with van der Waals surface area (Å²) < 4.78 is 15.9. The Balaban J connectivity index is 2.51. The minimum absolute atomic E-state index is 0.269. The molecule has 0 spiro atoms. The SMILES string of the molecule is COc1ccc2c(c1)c(=O)on2C(=O)OC(C)(C)C. The second-order valence-electron chi connectivity index (χ2n) is 5.04. The number of carbonyl (C=O) groups is 1. The molecule has 0 radical (unpaired) electrons. The van der Waals surface area contributed by atoms with Crippen molar-refractivity contribution in [3.05, 3.63) is 28.6 Å². The van der Waals surface area contributed by atoms with Crippen LogP contribution < -0.4 is 10.4 Å². The van der Waals surface area contributed by atoms with Gasteiger partial charge in [-0.15, -0.1) is 4.74 Å². The van der Waals surface area contributed by atoms with Gasteiger partial charge in [0.25, 0.3) is 0 Å². The van der Waals surface area contributed by atoms with Gasteiger partial charge in [-0.25, -0.2) is 9.59 Å². The highest BCUT2D eigenvalue weighted by atomic mass is 16.6. The summed E-state index contributed by atoms with van der Waals surface area (Å²) >= 11 is 0. The molecule has 102 valence electrons. The predicted molar refractivity (Wildman–Crippen MR) is 68.7 cm³/mol. The number of nitrogens with zero attached hydrogens (tertiary/aromatic N) is 1. The molecular formula is C13H15NO5. The Morgan fingerprint density at radius 1 is 1.32 bits per heavy atom. The molecule has 2 aromatic rings. The van der Waals surface area contributed by atoms with Crippen molar-refractivity contribution in [2.24, 2.45) is 0 Å². The van der Waals surface area contributed by atoms with E-state index in [-0.39, 0.29) is 5.39 Å². The third kappa shape index (κ3) is 2.62. The van der Waals surface area contributed by atoms with Crippen LogP contribution in [0.25, 0.3) is 10.9 Å². The number of carbonyl (C=O) groups excluding carboxylic acids is 1. The van der Waals surface area contributed by atoms with Gasteiger partial charge >= 0.3 is 11.7 Å². The quantitative estimate of drug-likeness (QED) is 0.791. The summed E-state index contributed by atoms with van der Waals surface area (Å²) in [6.45, 7) is 5.20. The first-order chi connectivity index (χ1) is 8.81. The van der Waals surface area contributed by atoms with Crippen molar-refractivity contribution in [2.75, 3.05) is 7.11 Å². The van der Waals surface area contributed by atoms with Gasteiger partial charge in [0.2, 0.25) is 0 Å². The van der Waals surface area contributed by atoms with Gasteiger partial charge in [0.05, 0.1) is 12.5 Å². The summed E-state index contributed by atoms with van der Waals surface area (Å²) in [6.07, 6.45) is -0.732. The number of methoxy groups -OCH3 is 1. The van der Waals surface area contributed by atoms with Crippen LogP contribution in [0.4, 0.5) is 4.79 Å². The zero-order chi connectivity index (χ0) is 14.2. The van der Waals surface area contributed by atoms with E-state index < -0.39 is 17.3 Å². The smallest absolute Gasteiger partial charge is 0.448 e. The van der Waals surface area contributed by atoms with E-state index in [4.69, 9.17) is 14.0 Å². The third-order valence-electron chi connectivity index (χ3n) is 2.38. The van der Waals surface area contributed by atoms with Crippen molar-refractivity contribution >= 4 is 17.0 Å². The van der Waals surface area contributed by atoms with Crippen LogP contribution in [0.2, 0.25) is 0 Å².